The molecule has 2 atom stereocenters. The third kappa shape index (κ3) is 6.09. The Morgan fingerprint density at radius 2 is 1.85 bits per heavy atom. The standard InChI is InChI=1S/C25H33N3O5/c1-30-20-7-5-6-18(14-20)16-26-25(29)27-21(17-28-10-3-4-11-28)24(31-2)19-8-9-22-23(15-19)33-13-12-32-22/h5-9,14-15,21,24H,3-4,10-13,16-17H2,1-2H3,(H2,26,27,29)/t21-,24-/m1/s1. The highest BCUT2D eigenvalue weighted by atomic mass is 16.6. The summed E-state index contributed by atoms with van der Waals surface area (Å²) in [6, 6.07) is 13.0. The SMILES string of the molecule is COc1cccc(CNC(=O)N[C@H](CN2CCCC2)[C@H](OC)c2ccc3c(c2)OCCO3)c1. The maximum Gasteiger partial charge on any atom is 0.315 e. The zero-order valence-corrected chi connectivity index (χ0v) is 19.3. The maximum absolute atomic E-state index is 12.9. The Balaban J connectivity index is 1.46. The van der Waals surface area contributed by atoms with Gasteiger partial charge in [-0.15, -0.1) is 0 Å². The lowest BCUT2D eigenvalue weighted by Gasteiger charge is -2.31. The average Bonchev–Trinajstić information content (AvgIpc) is 3.36. The first-order valence-electron chi connectivity index (χ1n) is 11.5. The number of ether oxygens (including phenoxy) is 4. The molecule has 2 amide bonds. The van der Waals surface area contributed by atoms with Crippen LogP contribution in [0.2, 0.25) is 0 Å². The van der Waals surface area contributed by atoms with Crippen LogP contribution in [0.5, 0.6) is 17.2 Å². The van der Waals surface area contributed by atoms with Gasteiger partial charge in [0.15, 0.2) is 11.5 Å². The van der Waals surface area contributed by atoms with Crippen LogP contribution < -0.4 is 24.8 Å². The predicted molar refractivity (Wildman–Crippen MR) is 125 cm³/mol. The first kappa shape index (κ1) is 23.2. The van der Waals surface area contributed by atoms with Gasteiger partial charge in [0.1, 0.15) is 25.1 Å². The zero-order valence-electron chi connectivity index (χ0n) is 19.3. The third-order valence-corrected chi connectivity index (χ3v) is 6.07. The van der Waals surface area contributed by atoms with E-state index in [4.69, 9.17) is 18.9 Å². The average molecular weight is 456 g/mol. The molecular weight excluding hydrogens is 422 g/mol. The van der Waals surface area contributed by atoms with Crippen molar-refractivity contribution in [3.8, 4) is 17.2 Å². The number of hydrogen-bond acceptors (Lipinski definition) is 6. The van der Waals surface area contributed by atoms with Crippen LogP contribution in [0.4, 0.5) is 4.79 Å². The van der Waals surface area contributed by atoms with Crippen LogP contribution in [0, 0.1) is 0 Å². The number of nitrogens with zero attached hydrogens (tertiary/aromatic N) is 1. The van der Waals surface area contributed by atoms with Gasteiger partial charge < -0.3 is 34.5 Å². The summed E-state index contributed by atoms with van der Waals surface area (Å²) in [7, 11) is 3.30. The van der Waals surface area contributed by atoms with Gasteiger partial charge in [0.25, 0.3) is 0 Å². The van der Waals surface area contributed by atoms with Crippen molar-refractivity contribution < 1.29 is 23.7 Å². The van der Waals surface area contributed by atoms with E-state index in [1.54, 1.807) is 14.2 Å². The minimum Gasteiger partial charge on any atom is -0.497 e. The molecule has 2 aliphatic rings. The number of carbonyl (C=O) groups excluding carboxylic acids is 1. The molecule has 0 unspecified atom stereocenters. The zero-order chi connectivity index (χ0) is 23.0. The van der Waals surface area contributed by atoms with E-state index in [0.29, 0.717) is 32.1 Å². The molecule has 0 radical (unpaired) electrons. The van der Waals surface area contributed by atoms with Crippen molar-refractivity contribution in [2.24, 2.45) is 0 Å². The Morgan fingerprint density at radius 3 is 2.61 bits per heavy atom. The highest BCUT2D eigenvalue weighted by Gasteiger charge is 2.29. The molecule has 8 nitrogen and oxygen atoms in total. The number of amides is 2. The molecule has 2 aromatic rings. The second-order valence-corrected chi connectivity index (χ2v) is 8.35. The van der Waals surface area contributed by atoms with Crippen LogP contribution in [0.15, 0.2) is 42.5 Å². The topological polar surface area (TPSA) is 81.3 Å². The minimum absolute atomic E-state index is 0.235. The molecule has 1 fully saturated rings. The molecule has 0 aliphatic carbocycles. The van der Waals surface area contributed by atoms with E-state index in [1.165, 1.54) is 12.8 Å². The fourth-order valence-electron chi connectivity index (χ4n) is 4.41. The predicted octanol–water partition coefficient (Wildman–Crippen LogP) is 3.12. The lowest BCUT2D eigenvalue weighted by Crippen LogP contribution is -2.50. The maximum atomic E-state index is 12.9. The van der Waals surface area contributed by atoms with E-state index in [2.05, 4.69) is 15.5 Å². The Bertz CT molecular complexity index is 932. The van der Waals surface area contributed by atoms with Gasteiger partial charge in [0.05, 0.1) is 13.2 Å². The van der Waals surface area contributed by atoms with Crippen molar-refractivity contribution in [1.82, 2.24) is 15.5 Å². The van der Waals surface area contributed by atoms with E-state index in [1.807, 2.05) is 42.5 Å². The molecule has 4 rings (SSSR count). The molecule has 0 aromatic heterocycles. The largest absolute Gasteiger partial charge is 0.497 e. The lowest BCUT2D eigenvalue weighted by molar-refractivity contribution is 0.0582. The van der Waals surface area contributed by atoms with Gasteiger partial charge in [0.2, 0.25) is 0 Å². The molecule has 0 saturated carbocycles. The van der Waals surface area contributed by atoms with Crippen LogP contribution in [-0.4, -0.2) is 64.0 Å². The number of likely N-dealkylation sites (tertiary alicyclic amines) is 1. The molecule has 178 valence electrons. The molecule has 33 heavy (non-hydrogen) atoms. The van der Waals surface area contributed by atoms with Crippen LogP contribution in [0.3, 0.4) is 0 Å². The van der Waals surface area contributed by atoms with Crippen molar-refractivity contribution >= 4 is 6.03 Å². The molecular formula is C25H33N3O5. The Morgan fingerprint density at radius 1 is 1.06 bits per heavy atom. The molecule has 2 aromatic carbocycles. The van der Waals surface area contributed by atoms with Crippen LogP contribution in [0.1, 0.15) is 30.1 Å². The molecule has 1 saturated heterocycles. The highest BCUT2D eigenvalue weighted by Crippen LogP contribution is 2.34. The summed E-state index contributed by atoms with van der Waals surface area (Å²) in [6.07, 6.45) is 2.02. The van der Waals surface area contributed by atoms with E-state index < -0.39 is 0 Å². The summed E-state index contributed by atoms with van der Waals surface area (Å²) in [4.78, 5) is 15.2. The summed E-state index contributed by atoms with van der Waals surface area (Å²) in [5.41, 5.74) is 1.91. The van der Waals surface area contributed by atoms with Crippen LogP contribution in [0.25, 0.3) is 0 Å². The number of urea groups is 1. The normalized spacial score (nSPS) is 17.3. The summed E-state index contributed by atoms with van der Waals surface area (Å²) < 4.78 is 22.6. The number of hydrogen-bond donors (Lipinski definition) is 2. The highest BCUT2D eigenvalue weighted by molar-refractivity contribution is 5.74. The van der Waals surface area contributed by atoms with Gasteiger partial charge in [0, 0.05) is 20.2 Å². The number of rotatable bonds is 9. The van der Waals surface area contributed by atoms with Gasteiger partial charge in [-0.25, -0.2) is 4.79 Å². The Kier molecular flexibility index (Phi) is 7.91. The van der Waals surface area contributed by atoms with Gasteiger partial charge >= 0.3 is 6.03 Å². The summed E-state index contributed by atoms with van der Waals surface area (Å²) in [5, 5.41) is 6.11. The quantitative estimate of drug-likeness (QED) is 0.605. The molecule has 0 spiro atoms. The second-order valence-electron chi connectivity index (χ2n) is 8.35. The van der Waals surface area contributed by atoms with Crippen molar-refractivity contribution in [1.29, 1.82) is 0 Å². The van der Waals surface area contributed by atoms with Gasteiger partial charge in [-0.1, -0.05) is 18.2 Å². The van der Waals surface area contributed by atoms with Crippen molar-refractivity contribution in [2.75, 3.05) is 47.1 Å². The van der Waals surface area contributed by atoms with Crippen molar-refractivity contribution in [2.45, 2.75) is 31.5 Å². The molecule has 2 N–H and O–H groups in total. The summed E-state index contributed by atoms with van der Waals surface area (Å²) >= 11 is 0. The first-order valence-corrected chi connectivity index (χ1v) is 11.5. The number of nitrogens with one attached hydrogen (secondary N) is 2. The molecule has 8 heteroatoms. The Labute approximate surface area is 195 Å². The first-order chi connectivity index (χ1) is 16.2. The monoisotopic (exact) mass is 455 g/mol. The molecule has 0 bridgehead atoms. The van der Waals surface area contributed by atoms with Gasteiger partial charge in [-0.3, -0.25) is 0 Å². The van der Waals surface area contributed by atoms with Crippen molar-refractivity contribution in [3.63, 3.8) is 0 Å². The third-order valence-electron chi connectivity index (χ3n) is 6.07. The number of fused-ring (bicyclic) bond motifs is 1. The fourth-order valence-corrected chi connectivity index (χ4v) is 4.41. The van der Waals surface area contributed by atoms with E-state index in [-0.39, 0.29) is 18.2 Å². The number of carbonyl (C=O) groups is 1. The van der Waals surface area contributed by atoms with E-state index in [9.17, 15) is 4.79 Å². The summed E-state index contributed by atoms with van der Waals surface area (Å²) in [5.74, 6) is 2.21. The van der Waals surface area contributed by atoms with Crippen LogP contribution >= 0.6 is 0 Å². The van der Waals surface area contributed by atoms with Gasteiger partial charge in [-0.05, 0) is 61.3 Å². The molecule has 2 heterocycles. The van der Waals surface area contributed by atoms with Crippen LogP contribution in [-0.2, 0) is 11.3 Å². The second kappa shape index (κ2) is 11.2. The number of benzene rings is 2. The van der Waals surface area contributed by atoms with E-state index in [0.717, 1.165) is 35.7 Å². The van der Waals surface area contributed by atoms with Crippen molar-refractivity contribution in [3.05, 3.63) is 53.6 Å². The smallest absolute Gasteiger partial charge is 0.315 e. The minimum atomic E-state index is -0.330. The number of methoxy groups -OCH3 is 2. The summed E-state index contributed by atoms with van der Waals surface area (Å²) in [6.45, 7) is 4.24. The van der Waals surface area contributed by atoms with E-state index >= 15 is 0 Å². The molecule has 2 aliphatic heterocycles. The Hall–Kier alpha value is -2.97. The lowest BCUT2D eigenvalue weighted by atomic mass is 10.0. The van der Waals surface area contributed by atoms with Gasteiger partial charge in [-0.2, -0.15) is 0 Å². The fraction of sp³-hybridized carbons (Fsp3) is 0.480.